The van der Waals surface area contributed by atoms with Gasteiger partial charge in [-0.15, -0.1) is 0 Å². The van der Waals surface area contributed by atoms with Gasteiger partial charge < -0.3 is 11.1 Å². The third-order valence-electron chi connectivity index (χ3n) is 3.40. The van der Waals surface area contributed by atoms with Crippen molar-refractivity contribution in [1.29, 1.82) is 0 Å². The molecule has 0 aliphatic carbocycles. The zero-order valence-corrected chi connectivity index (χ0v) is 12.2. The van der Waals surface area contributed by atoms with Gasteiger partial charge in [-0.05, 0) is 43.0 Å². The highest BCUT2D eigenvalue weighted by molar-refractivity contribution is 5.63. The van der Waals surface area contributed by atoms with Crippen molar-refractivity contribution in [3.05, 3.63) is 60.2 Å². The van der Waals surface area contributed by atoms with Crippen LogP contribution in [0.15, 0.2) is 54.6 Å². The van der Waals surface area contributed by atoms with Gasteiger partial charge in [0.2, 0.25) is 0 Å². The van der Waals surface area contributed by atoms with Crippen molar-refractivity contribution in [1.82, 2.24) is 5.32 Å². The topological polar surface area (TPSA) is 38.0 Å². The molecule has 3 N–H and O–H groups in total. The van der Waals surface area contributed by atoms with Crippen LogP contribution in [0.1, 0.15) is 25.3 Å². The van der Waals surface area contributed by atoms with E-state index in [9.17, 15) is 0 Å². The summed E-state index contributed by atoms with van der Waals surface area (Å²) in [7, 11) is 0. The Bertz CT molecular complexity index is 489. The van der Waals surface area contributed by atoms with Crippen LogP contribution >= 0.6 is 0 Å². The van der Waals surface area contributed by atoms with E-state index in [2.05, 4.69) is 60.8 Å². The van der Waals surface area contributed by atoms with E-state index >= 15 is 0 Å². The van der Waals surface area contributed by atoms with Crippen molar-refractivity contribution in [3.63, 3.8) is 0 Å². The SMILES string of the molecule is CC(N)CCCNCc1ccc(-c2ccccc2)cc1. The van der Waals surface area contributed by atoms with E-state index in [-0.39, 0.29) is 0 Å². The number of rotatable bonds is 7. The molecule has 2 rings (SSSR count). The Morgan fingerprint density at radius 3 is 2.25 bits per heavy atom. The summed E-state index contributed by atoms with van der Waals surface area (Å²) in [6.45, 7) is 4.01. The Kier molecular flexibility index (Phi) is 5.78. The standard InChI is InChI=1S/C18H24N2/c1-15(19)6-5-13-20-14-16-9-11-18(12-10-16)17-7-3-2-4-8-17/h2-4,7-12,15,20H,5-6,13-14,19H2,1H3. The molecular formula is C18H24N2. The quantitative estimate of drug-likeness (QED) is 0.753. The van der Waals surface area contributed by atoms with E-state index in [0.29, 0.717) is 6.04 Å². The lowest BCUT2D eigenvalue weighted by Crippen LogP contribution is -2.19. The minimum absolute atomic E-state index is 0.307. The van der Waals surface area contributed by atoms with Crippen molar-refractivity contribution in [2.45, 2.75) is 32.4 Å². The first-order valence-corrected chi connectivity index (χ1v) is 7.36. The second-order valence-electron chi connectivity index (χ2n) is 5.36. The van der Waals surface area contributed by atoms with Gasteiger partial charge in [-0.2, -0.15) is 0 Å². The summed E-state index contributed by atoms with van der Waals surface area (Å²) in [6.07, 6.45) is 2.22. The smallest absolute Gasteiger partial charge is 0.0205 e. The highest BCUT2D eigenvalue weighted by atomic mass is 14.8. The second-order valence-corrected chi connectivity index (χ2v) is 5.36. The van der Waals surface area contributed by atoms with Gasteiger partial charge in [-0.3, -0.25) is 0 Å². The minimum atomic E-state index is 0.307. The van der Waals surface area contributed by atoms with E-state index in [1.54, 1.807) is 0 Å². The third-order valence-corrected chi connectivity index (χ3v) is 3.40. The van der Waals surface area contributed by atoms with Gasteiger partial charge in [0.05, 0.1) is 0 Å². The van der Waals surface area contributed by atoms with Crippen LogP contribution in [0.25, 0.3) is 11.1 Å². The molecule has 0 aliphatic rings. The van der Waals surface area contributed by atoms with Crippen LogP contribution in [0, 0.1) is 0 Å². The molecule has 0 saturated heterocycles. The van der Waals surface area contributed by atoms with Crippen molar-refractivity contribution in [3.8, 4) is 11.1 Å². The molecule has 106 valence electrons. The van der Waals surface area contributed by atoms with Crippen molar-refractivity contribution < 1.29 is 0 Å². The fourth-order valence-corrected chi connectivity index (χ4v) is 2.23. The lowest BCUT2D eigenvalue weighted by molar-refractivity contribution is 0.574. The molecule has 20 heavy (non-hydrogen) atoms. The van der Waals surface area contributed by atoms with Crippen LogP contribution in [0.3, 0.4) is 0 Å². The molecular weight excluding hydrogens is 244 g/mol. The molecule has 0 amide bonds. The number of benzene rings is 2. The van der Waals surface area contributed by atoms with E-state index in [4.69, 9.17) is 5.73 Å². The van der Waals surface area contributed by atoms with E-state index < -0.39 is 0 Å². The van der Waals surface area contributed by atoms with Gasteiger partial charge in [-0.25, -0.2) is 0 Å². The van der Waals surface area contributed by atoms with Crippen molar-refractivity contribution in [2.75, 3.05) is 6.54 Å². The molecule has 0 aliphatic heterocycles. The van der Waals surface area contributed by atoms with Crippen LogP contribution in [0.5, 0.6) is 0 Å². The molecule has 0 saturated carbocycles. The highest BCUT2D eigenvalue weighted by Crippen LogP contribution is 2.19. The summed E-state index contributed by atoms with van der Waals surface area (Å²) >= 11 is 0. The molecule has 1 unspecified atom stereocenters. The summed E-state index contributed by atoms with van der Waals surface area (Å²) in [4.78, 5) is 0. The van der Waals surface area contributed by atoms with Gasteiger partial charge >= 0.3 is 0 Å². The molecule has 0 fully saturated rings. The first-order chi connectivity index (χ1) is 9.75. The number of hydrogen-bond donors (Lipinski definition) is 2. The zero-order chi connectivity index (χ0) is 14.2. The zero-order valence-electron chi connectivity index (χ0n) is 12.2. The molecule has 0 spiro atoms. The third kappa shape index (κ3) is 4.80. The molecule has 0 radical (unpaired) electrons. The maximum atomic E-state index is 5.73. The van der Waals surface area contributed by atoms with Gasteiger partial charge in [0.25, 0.3) is 0 Å². The largest absolute Gasteiger partial charge is 0.328 e. The average molecular weight is 268 g/mol. The second kappa shape index (κ2) is 7.83. The van der Waals surface area contributed by atoms with Crippen LogP contribution in [-0.2, 0) is 6.54 Å². The van der Waals surface area contributed by atoms with Gasteiger partial charge in [0.15, 0.2) is 0 Å². The van der Waals surface area contributed by atoms with Crippen molar-refractivity contribution >= 4 is 0 Å². The summed E-state index contributed by atoms with van der Waals surface area (Å²) in [6, 6.07) is 19.5. The van der Waals surface area contributed by atoms with Crippen LogP contribution in [0.4, 0.5) is 0 Å². The Labute approximate surface area is 122 Å². The van der Waals surface area contributed by atoms with Crippen LogP contribution in [0.2, 0.25) is 0 Å². The van der Waals surface area contributed by atoms with Crippen LogP contribution in [-0.4, -0.2) is 12.6 Å². The molecule has 2 nitrogen and oxygen atoms in total. The maximum absolute atomic E-state index is 5.73. The van der Waals surface area contributed by atoms with Gasteiger partial charge in [0.1, 0.15) is 0 Å². The van der Waals surface area contributed by atoms with Crippen molar-refractivity contribution in [2.24, 2.45) is 5.73 Å². The van der Waals surface area contributed by atoms with Gasteiger partial charge in [0, 0.05) is 12.6 Å². The van der Waals surface area contributed by atoms with E-state index in [1.165, 1.54) is 16.7 Å². The number of nitrogens with two attached hydrogens (primary N) is 1. The minimum Gasteiger partial charge on any atom is -0.328 e. The highest BCUT2D eigenvalue weighted by Gasteiger charge is 1.98. The summed E-state index contributed by atoms with van der Waals surface area (Å²) < 4.78 is 0. The molecule has 0 aromatic heterocycles. The first kappa shape index (κ1) is 14.8. The fourth-order valence-electron chi connectivity index (χ4n) is 2.23. The lowest BCUT2D eigenvalue weighted by atomic mass is 10.0. The first-order valence-electron chi connectivity index (χ1n) is 7.36. The average Bonchev–Trinajstić information content (AvgIpc) is 2.48. The fraction of sp³-hybridized carbons (Fsp3) is 0.333. The predicted octanol–water partition coefficient (Wildman–Crippen LogP) is 3.57. The van der Waals surface area contributed by atoms with E-state index in [0.717, 1.165) is 25.9 Å². The number of nitrogens with one attached hydrogen (secondary N) is 1. The summed E-state index contributed by atoms with van der Waals surface area (Å²) in [5.74, 6) is 0. The Balaban J connectivity index is 1.80. The molecule has 2 aromatic carbocycles. The molecule has 0 heterocycles. The molecule has 1 atom stereocenters. The Morgan fingerprint density at radius 2 is 1.60 bits per heavy atom. The lowest BCUT2D eigenvalue weighted by Gasteiger charge is -2.08. The van der Waals surface area contributed by atoms with E-state index in [1.807, 2.05) is 6.07 Å². The molecule has 2 aromatic rings. The summed E-state index contributed by atoms with van der Waals surface area (Å²) in [5, 5.41) is 3.46. The summed E-state index contributed by atoms with van der Waals surface area (Å²) in [5.41, 5.74) is 9.59. The monoisotopic (exact) mass is 268 g/mol. The Hall–Kier alpha value is -1.64. The normalized spacial score (nSPS) is 12.3. The van der Waals surface area contributed by atoms with Gasteiger partial charge in [-0.1, -0.05) is 54.6 Å². The van der Waals surface area contributed by atoms with Crippen LogP contribution < -0.4 is 11.1 Å². The maximum Gasteiger partial charge on any atom is 0.0205 e. The molecule has 2 heteroatoms. The predicted molar refractivity (Wildman–Crippen MR) is 86.5 cm³/mol. The Morgan fingerprint density at radius 1 is 0.950 bits per heavy atom. The number of hydrogen-bond acceptors (Lipinski definition) is 2. The molecule has 0 bridgehead atoms.